The lowest BCUT2D eigenvalue weighted by Gasteiger charge is -2.22. The highest BCUT2D eigenvalue weighted by atomic mass is 32.2. The average molecular weight is 353 g/mol. The summed E-state index contributed by atoms with van der Waals surface area (Å²) in [6, 6.07) is 7.53. The van der Waals surface area contributed by atoms with Crippen LogP contribution in [0, 0.1) is 12.8 Å². The second-order valence-corrected chi connectivity index (χ2v) is 8.63. The van der Waals surface area contributed by atoms with Crippen LogP contribution >= 0.6 is 0 Å². The second kappa shape index (κ2) is 7.79. The normalized spacial score (nSPS) is 21.0. The number of amides is 1. The Hall–Kier alpha value is -1.89. The number of hydrogen-bond donors (Lipinski definition) is 2. The highest BCUT2D eigenvalue weighted by Gasteiger charge is 2.35. The number of nitrogens with one attached hydrogen (secondary N) is 1. The van der Waals surface area contributed by atoms with Gasteiger partial charge in [-0.15, -0.1) is 0 Å². The van der Waals surface area contributed by atoms with Crippen molar-refractivity contribution in [2.24, 2.45) is 5.92 Å². The number of aryl methyl sites for hydroxylation is 1. The molecule has 7 heteroatoms. The van der Waals surface area contributed by atoms with Crippen LogP contribution in [0.2, 0.25) is 0 Å². The number of rotatable bonds is 6. The minimum Gasteiger partial charge on any atom is -0.481 e. The number of aliphatic carboxylic acids is 1. The molecule has 0 bridgehead atoms. The van der Waals surface area contributed by atoms with Crippen molar-refractivity contribution in [2.45, 2.75) is 37.9 Å². The van der Waals surface area contributed by atoms with Crippen molar-refractivity contribution in [2.75, 3.05) is 12.3 Å². The van der Waals surface area contributed by atoms with Crippen molar-refractivity contribution in [1.82, 2.24) is 5.32 Å². The van der Waals surface area contributed by atoms with Gasteiger partial charge in [0.2, 0.25) is 5.91 Å². The monoisotopic (exact) mass is 353 g/mol. The van der Waals surface area contributed by atoms with Gasteiger partial charge in [0, 0.05) is 6.54 Å². The molecule has 1 heterocycles. The van der Waals surface area contributed by atoms with Crippen molar-refractivity contribution in [1.29, 1.82) is 0 Å². The fraction of sp³-hybridized carbons (Fsp3) is 0.529. The van der Waals surface area contributed by atoms with E-state index in [1.165, 1.54) is 0 Å². The molecule has 2 N–H and O–H groups in total. The predicted molar refractivity (Wildman–Crippen MR) is 90.4 cm³/mol. The summed E-state index contributed by atoms with van der Waals surface area (Å²) in [5.41, 5.74) is 1.91. The molecule has 1 aromatic carbocycles. The summed E-state index contributed by atoms with van der Waals surface area (Å²) in [6.45, 7) is 1.85. The molecular formula is C17H23NO5S. The van der Waals surface area contributed by atoms with Gasteiger partial charge < -0.3 is 10.4 Å². The fourth-order valence-corrected chi connectivity index (χ4v) is 4.78. The van der Waals surface area contributed by atoms with Gasteiger partial charge in [-0.2, -0.15) is 0 Å². The number of carbonyl (C=O) groups excluding carboxylic acids is 1. The van der Waals surface area contributed by atoms with E-state index in [0.717, 1.165) is 11.1 Å². The van der Waals surface area contributed by atoms with Gasteiger partial charge in [-0.05, 0) is 31.7 Å². The SMILES string of the molecule is Cc1cccc(CC(CNC(=O)C2CCCCS2(=O)=O)C(=O)O)c1. The first-order valence-electron chi connectivity index (χ1n) is 8.07. The van der Waals surface area contributed by atoms with Gasteiger partial charge in [0.25, 0.3) is 0 Å². The van der Waals surface area contributed by atoms with Crippen LogP contribution in [0.4, 0.5) is 0 Å². The molecule has 2 unspecified atom stereocenters. The van der Waals surface area contributed by atoms with Gasteiger partial charge in [-0.25, -0.2) is 8.42 Å². The summed E-state index contributed by atoms with van der Waals surface area (Å²) in [5.74, 6) is -2.35. The lowest BCUT2D eigenvalue weighted by atomic mass is 9.98. The molecule has 132 valence electrons. The van der Waals surface area contributed by atoms with E-state index < -0.39 is 32.9 Å². The molecule has 6 nitrogen and oxygen atoms in total. The third-order valence-corrected chi connectivity index (χ3v) is 6.48. The summed E-state index contributed by atoms with van der Waals surface area (Å²) in [7, 11) is -3.41. The summed E-state index contributed by atoms with van der Waals surface area (Å²) < 4.78 is 23.9. The number of benzene rings is 1. The van der Waals surface area contributed by atoms with Crippen LogP contribution in [0.25, 0.3) is 0 Å². The molecule has 1 aromatic rings. The van der Waals surface area contributed by atoms with E-state index in [2.05, 4.69) is 5.32 Å². The second-order valence-electron chi connectivity index (χ2n) is 6.32. The molecule has 0 aliphatic carbocycles. The van der Waals surface area contributed by atoms with Gasteiger partial charge in [0.1, 0.15) is 5.25 Å². The summed E-state index contributed by atoms with van der Waals surface area (Å²) in [6.07, 6.45) is 1.87. The van der Waals surface area contributed by atoms with E-state index in [4.69, 9.17) is 0 Å². The zero-order valence-electron chi connectivity index (χ0n) is 13.7. The largest absolute Gasteiger partial charge is 0.481 e. The molecule has 1 aliphatic rings. The number of carbonyl (C=O) groups is 2. The first kappa shape index (κ1) is 18.4. The van der Waals surface area contributed by atoms with E-state index >= 15 is 0 Å². The molecule has 0 radical (unpaired) electrons. The molecule has 1 amide bonds. The molecule has 0 aromatic heterocycles. The highest BCUT2D eigenvalue weighted by molar-refractivity contribution is 7.92. The molecule has 24 heavy (non-hydrogen) atoms. The maximum absolute atomic E-state index is 12.2. The van der Waals surface area contributed by atoms with Crippen molar-refractivity contribution in [3.63, 3.8) is 0 Å². The third kappa shape index (κ3) is 4.80. The van der Waals surface area contributed by atoms with Crippen LogP contribution in [0.1, 0.15) is 30.4 Å². The van der Waals surface area contributed by atoms with Crippen LogP contribution in [-0.2, 0) is 25.8 Å². The Kier molecular flexibility index (Phi) is 5.99. The van der Waals surface area contributed by atoms with E-state index in [-0.39, 0.29) is 18.7 Å². The lowest BCUT2D eigenvalue weighted by molar-refractivity contribution is -0.141. The zero-order valence-corrected chi connectivity index (χ0v) is 14.5. The minimum atomic E-state index is -3.41. The number of carboxylic acids is 1. The van der Waals surface area contributed by atoms with Crippen molar-refractivity contribution in [3.05, 3.63) is 35.4 Å². The van der Waals surface area contributed by atoms with Crippen molar-refractivity contribution in [3.8, 4) is 0 Å². The molecule has 1 saturated heterocycles. The van der Waals surface area contributed by atoms with E-state index in [1.807, 2.05) is 31.2 Å². The van der Waals surface area contributed by atoms with Crippen molar-refractivity contribution >= 4 is 21.7 Å². The molecule has 2 rings (SSSR count). The van der Waals surface area contributed by atoms with Crippen LogP contribution in [0.3, 0.4) is 0 Å². The minimum absolute atomic E-state index is 0.0245. The first-order chi connectivity index (χ1) is 11.3. The van der Waals surface area contributed by atoms with Crippen LogP contribution < -0.4 is 5.32 Å². The Morgan fingerprint density at radius 1 is 1.33 bits per heavy atom. The van der Waals surface area contributed by atoms with E-state index in [9.17, 15) is 23.1 Å². The van der Waals surface area contributed by atoms with Crippen LogP contribution in [0.15, 0.2) is 24.3 Å². The van der Waals surface area contributed by atoms with Crippen LogP contribution in [-0.4, -0.2) is 42.9 Å². The summed E-state index contributed by atoms with van der Waals surface area (Å²) in [4.78, 5) is 23.6. The van der Waals surface area contributed by atoms with Crippen molar-refractivity contribution < 1.29 is 23.1 Å². The van der Waals surface area contributed by atoms with Gasteiger partial charge >= 0.3 is 5.97 Å². The standard InChI is InChI=1S/C17H23NO5S/c1-12-5-4-6-13(9-12)10-14(17(20)21)11-18-16(19)15-7-2-3-8-24(15,22)23/h4-6,9,14-15H,2-3,7-8,10-11H2,1H3,(H,18,19)(H,20,21). The number of sulfone groups is 1. The number of hydrogen-bond acceptors (Lipinski definition) is 4. The van der Waals surface area contributed by atoms with E-state index in [0.29, 0.717) is 19.3 Å². The summed E-state index contributed by atoms with van der Waals surface area (Å²) >= 11 is 0. The summed E-state index contributed by atoms with van der Waals surface area (Å²) in [5, 5.41) is 10.8. The molecule has 1 aliphatic heterocycles. The molecule has 1 fully saturated rings. The highest BCUT2D eigenvalue weighted by Crippen LogP contribution is 2.20. The maximum atomic E-state index is 12.2. The molecule has 0 spiro atoms. The Morgan fingerprint density at radius 3 is 2.71 bits per heavy atom. The molecule has 0 saturated carbocycles. The topological polar surface area (TPSA) is 101 Å². The Bertz CT molecular complexity index is 713. The molecular weight excluding hydrogens is 330 g/mol. The van der Waals surface area contributed by atoms with Crippen LogP contribution in [0.5, 0.6) is 0 Å². The van der Waals surface area contributed by atoms with Gasteiger partial charge in [-0.1, -0.05) is 36.2 Å². The maximum Gasteiger partial charge on any atom is 0.308 e. The fourth-order valence-electron chi connectivity index (χ4n) is 2.96. The molecule has 2 atom stereocenters. The Labute approximate surface area is 142 Å². The Balaban J connectivity index is 1.98. The lowest BCUT2D eigenvalue weighted by Crippen LogP contribution is -2.45. The van der Waals surface area contributed by atoms with Gasteiger partial charge in [-0.3, -0.25) is 9.59 Å². The number of carboxylic acid groups (broad SMARTS) is 1. The quantitative estimate of drug-likeness (QED) is 0.803. The third-order valence-electron chi connectivity index (χ3n) is 4.31. The zero-order chi connectivity index (χ0) is 17.7. The van der Waals surface area contributed by atoms with E-state index in [1.54, 1.807) is 0 Å². The average Bonchev–Trinajstić information content (AvgIpc) is 2.50. The van der Waals surface area contributed by atoms with Gasteiger partial charge in [0.15, 0.2) is 9.84 Å². The first-order valence-corrected chi connectivity index (χ1v) is 9.79. The predicted octanol–water partition coefficient (Wildman–Crippen LogP) is 1.32. The smallest absolute Gasteiger partial charge is 0.308 e. The van der Waals surface area contributed by atoms with Gasteiger partial charge in [0.05, 0.1) is 11.7 Å². The Morgan fingerprint density at radius 2 is 2.08 bits per heavy atom.